The molecule has 1 N–H and O–H groups in total. The number of likely N-dealkylation sites (tertiary alicyclic amines) is 1. The fraction of sp³-hybridized carbons (Fsp3) is 0.714. The Morgan fingerprint density at radius 2 is 1.97 bits per heavy atom. The van der Waals surface area contributed by atoms with Gasteiger partial charge in [0.15, 0.2) is 0 Å². The lowest BCUT2D eigenvalue weighted by atomic mass is 9.86. The summed E-state index contributed by atoms with van der Waals surface area (Å²) in [6.07, 6.45) is 5.51. The summed E-state index contributed by atoms with van der Waals surface area (Å²) in [4.78, 5) is 29.7. The minimum absolute atomic E-state index is 0.0629. The number of nitrogens with zero attached hydrogens (tertiary/aromatic N) is 2. The van der Waals surface area contributed by atoms with Crippen LogP contribution in [0.3, 0.4) is 0 Å². The number of anilines is 1. The summed E-state index contributed by atoms with van der Waals surface area (Å²) in [5.41, 5.74) is 1.15. The zero-order valence-electron chi connectivity index (χ0n) is 22.7. The van der Waals surface area contributed by atoms with E-state index in [4.69, 9.17) is 9.47 Å². The van der Waals surface area contributed by atoms with Crippen molar-refractivity contribution in [2.45, 2.75) is 95.2 Å². The van der Waals surface area contributed by atoms with E-state index in [1.54, 1.807) is 25.1 Å². The molecular formula is C28H43FN2O5Si. The molecule has 206 valence electrons. The van der Waals surface area contributed by atoms with E-state index < -0.39 is 20.1 Å². The number of hydrogen-bond donors (Lipinski definition) is 1. The third kappa shape index (κ3) is 6.04. The first-order valence-corrected chi connectivity index (χ1v) is 16.8. The fourth-order valence-electron chi connectivity index (χ4n) is 6.37. The molecule has 3 aliphatic heterocycles. The summed E-state index contributed by atoms with van der Waals surface area (Å²) >= 11 is 0. The Morgan fingerprint density at radius 3 is 2.68 bits per heavy atom. The van der Waals surface area contributed by atoms with Gasteiger partial charge in [-0.05, 0) is 57.0 Å². The topological polar surface area (TPSA) is 79.3 Å². The monoisotopic (exact) mass is 534 g/mol. The molecule has 3 aliphatic rings. The van der Waals surface area contributed by atoms with Crippen LogP contribution in [0.1, 0.15) is 70.0 Å². The van der Waals surface area contributed by atoms with Crippen molar-refractivity contribution in [1.29, 1.82) is 0 Å². The normalized spacial score (nSPS) is 27.8. The third-order valence-corrected chi connectivity index (χ3v) is 10.8. The SMILES string of the molecule is CO[C@H]1c2cc(N3CCCCCCC3=O)ccc2O[C@@H](C(CC(=O)N2CCC[C@H]2CO)[Si](C)(C)F)[C@@H]1C. The van der Waals surface area contributed by atoms with Crippen molar-refractivity contribution in [2.24, 2.45) is 5.92 Å². The van der Waals surface area contributed by atoms with Crippen LogP contribution in [0.5, 0.6) is 5.75 Å². The molecule has 3 heterocycles. The van der Waals surface area contributed by atoms with Gasteiger partial charge in [-0.15, -0.1) is 0 Å². The van der Waals surface area contributed by atoms with Crippen LogP contribution in [0.25, 0.3) is 0 Å². The Kier molecular flexibility index (Phi) is 8.96. The molecule has 0 spiro atoms. The Labute approximate surface area is 221 Å². The lowest BCUT2D eigenvalue weighted by molar-refractivity contribution is -0.133. The summed E-state index contributed by atoms with van der Waals surface area (Å²) in [6.45, 7) is 6.52. The largest absolute Gasteiger partial charge is 0.490 e. The standard InChI is InChI=1S/C28H43FN2O5Si/c1-19-27(35-2)22-16-20(30-14-8-6-5-7-11-25(30)33)12-13-23(22)36-28(19)24(37(3,4)29)17-26(34)31-15-9-10-21(31)18-32/h12-13,16,19,21,24,27-28,32H,5-11,14-15,17-18H2,1-4H3/t19-,21+,24?,27-,28-/m1/s1. The maximum atomic E-state index is 15.8. The number of amides is 2. The first kappa shape index (κ1) is 28.0. The molecule has 0 bridgehead atoms. The Bertz CT molecular complexity index is 970. The smallest absolute Gasteiger partial charge is 0.248 e. The van der Waals surface area contributed by atoms with Crippen molar-refractivity contribution < 1.29 is 28.3 Å². The fourth-order valence-corrected chi connectivity index (χ4v) is 8.19. The maximum absolute atomic E-state index is 15.8. The van der Waals surface area contributed by atoms with Crippen LogP contribution in [0.4, 0.5) is 9.80 Å². The number of carbonyl (C=O) groups excluding carboxylic acids is 2. The molecule has 1 aromatic carbocycles. The van der Waals surface area contributed by atoms with Crippen molar-refractivity contribution in [1.82, 2.24) is 4.90 Å². The number of hydrogen-bond acceptors (Lipinski definition) is 5. The zero-order chi connectivity index (χ0) is 26.7. The van der Waals surface area contributed by atoms with E-state index in [0.29, 0.717) is 25.3 Å². The Hall–Kier alpha value is -1.97. The second kappa shape index (κ2) is 11.8. The van der Waals surface area contributed by atoms with Gasteiger partial charge in [-0.2, -0.15) is 0 Å². The number of aliphatic hydroxyl groups is 1. The first-order chi connectivity index (χ1) is 17.7. The van der Waals surface area contributed by atoms with Gasteiger partial charge in [0.1, 0.15) is 11.9 Å². The van der Waals surface area contributed by atoms with Gasteiger partial charge in [-0.25, -0.2) is 0 Å². The first-order valence-electron chi connectivity index (χ1n) is 13.9. The van der Waals surface area contributed by atoms with Crippen molar-refractivity contribution in [3.05, 3.63) is 23.8 Å². The number of ether oxygens (including phenoxy) is 2. The summed E-state index contributed by atoms with van der Waals surface area (Å²) in [5, 5.41) is 9.68. The average molecular weight is 535 g/mol. The van der Waals surface area contributed by atoms with Crippen LogP contribution < -0.4 is 9.64 Å². The van der Waals surface area contributed by atoms with Gasteiger partial charge in [0.2, 0.25) is 20.2 Å². The predicted molar refractivity (Wildman–Crippen MR) is 144 cm³/mol. The number of halogens is 1. The number of aliphatic hydroxyl groups excluding tert-OH is 1. The van der Waals surface area contributed by atoms with Gasteiger partial charge < -0.3 is 28.5 Å². The van der Waals surface area contributed by atoms with Gasteiger partial charge in [-0.3, -0.25) is 9.59 Å². The van der Waals surface area contributed by atoms with Crippen LogP contribution in [-0.4, -0.2) is 69.2 Å². The third-order valence-electron chi connectivity index (χ3n) is 8.53. The van der Waals surface area contributed by atoms with E-state index in [1.807, 2.05) is 30.0 Å². The van der Waals surface area contributed by atoms with Crippen molar-refractivity contribution in [3.8, 4) is 5.75 Å². The molecule has 9 heteroatoms. The Balaban J connectivity index is 1.60. The van der Waals surface area contributed by atoms with Crippen LogP contribution in [0.15, 0.2) is 18.2 Å². The molecule has 4 rings (SSSR count). The highest BCUT2D eigenvalue weighted by Gasteiger charge is 2.49. The van der Waals surface area contributed by atoms with Gasteiger partial charge in [0.05, 0.1) is 18.8 Å². The minimum Gasteiger partial charge on any atom is -0.490 e. The lowest BCUT2D eigenvalue weighted by Crippen LogP contribution is -2.48. The molecule has 37 heavy (non-hydrogen) atoms. The zero-order valence-corrected chi connectivity index (χ0v) is 23.7. The van der Waals surface area contributed by atoms with Gasteiger partial charge >= 0.3 is 0 Å². The molecule has 7 nitrogen and oxygen atoms in total. The van der Waals surface area contributed by atoms with Gasteiger partial charge in [-0.1, -0.05) is 19.8 Å². The van der Waals surface area contributed by atoms with Crippen molar-refractivity contribution in [2.75, 3.05) is 31.7 Å². The second-order valence-electron chi connectivity index (χ2n) is 11.5. The quantitative estimate of drug-likeness (QED) is 0.394. The van der Waals surface area contributed by atoms with E-state index in [0.717, 1.165) is 49.8 Å². The van der Waals surface area contributed by atoms with E-state index in [2.05, 4.69) is 0 Å². The van der Waals surface area contributed by atoms with Crippen LogP contribution in [-0.2, 0) is 14.3 Å². The summed E-state index contributed by atoms with van der Waals surface area (Å²) in [6, 6.07) is 5.59. The number of fused-ring (bicyclic) bond motifs is 1. The van der Waals surface area contributed by atoms with Crippen molar-refractivity contribution in [3.63, 3.8) is 0 Å². The lowest BCUT2D eigenvalue weighted by Gasteiger charge is -2.43. The second-order valence-corrected chi connectivity index (χ2v) is 15.3. The molecule has 1 aromatic rings. The summed E-state index contributed by atoms with van der Waals surface area (Å²) in [5.74, 6) is 0.469. The molecule has 2 saturated heterocycles. The summed E-state index contributed by atoms with van der Waals surface area (Å²) in [7, 11) is -1.68. The Morgan fingerprint density at radius 1 is 1.22 bits per heavy atom. The maximum Gasteiger partial charge on any atom is 0.248 e. The molecule has 0 aliphatic carbocycles. The number of rotatable bonds is 7. The van der Waals surface area contributed by atoms with E-state index >= 15 is 4.11 Å². The van der Waals surface area contributed by atoms with Crippen LogP contribution >= 0.6 is 0 Å². The van der Waals surface area contributed by atoms with Crippen LogP contribution in [0.2, 0.25) is 18.6 Å². The molecular weight excluding hydrogens is 491 g/mol. The van der Waals surface area contributed by atoms with E-state index in [-0.39, 0.29) is 42.9 Å². The highest BCUT2D eigenvalue weighted by Crippen LogP contribution is 2.48. The van der Waals surface area contributed by atoms with Gasteiger partial charge in [0.25, 0.3) is 0 Å². The van der Waals surface area contributed by atoms with Crippen LogP contribution in [0, 0.1) is 5.92 Å². The minimum atomic E-state index is -3.33. The van der Waals surface area contributed by atoms with E-state index in [9.17, 15) is 14.7 Å². The summed E-state index contributed by atoms with van der Waals surface area (Å²) < 4.78 is 28.3. The number of benzene rings is 1. The van der Waals surface area contributed by atoms with Gasteiger partial charge in [0, 0.05) is 55.8 Å². The number of carbonyl (C=O) groups is 2. The predicted octanol–water partition coefficient (Wildman–Crippen LogP) is 4.99. The molecule has 5 atom stereocenters. The molecule has 0 saturated carbocycles. The molecule has 2 amide bonds. The van der Waals surface area contributed by atoms with Crippen molar-refractivity contribution >= 4 is 25.9 Å². The number of methoxy groups -OCH3 is 1. The highest BCUT2D eigenvalue weighted by atomic mass is 28.4. The molecule has 2 fully saturated rings. The van der Waals surface area contributed by atoms with E-state index in [1.165, 1.54) is 0 Å². The average Bonchev–Trinajstić information content (AvgIpc) is 3.33. The molecule has 0 aromatic heterocycles. The molecule has 0 radical (unpaired) electrons. The molecule has 1 unspecified atom stereocenters. The highest BCUT2D eigenvalue weighted by molar-refractivity contribution is 6.72.